The van der Waals surface area contributed by atoms with Crippen LogP contribution in [0.25, 0.3) is 22.4 Å². The summed E-state index contributed by atoms with van der Waals surface area (Å²) in [6.45, 7) is 5.90. The topological polar surface area (TPSA) is 46.9 Å². The largest absolute Gasteiger partial charge is 0.351 e. The normalized spacial score (nSPS) is 15.4. The summed E-state index contributed by atoms with van der Waals surface area (Å²) >= 11 is 1.48. The van der Waals surface area contributed by atoms with Gasteiger partial charge in [-0.15, -0.1) is 11.3 Å². The maximum Gasteiger partial charge on any atom is 0.261 e. The summed E-state index contributed by atoms with van der Waals surface area (Å²) in [6, 6.07) is 19.1. The molecule has 1 N–H and O–H groups in total. The summed E-state index contributed by atoms with van der Waals surface area (Å²) in [6.07, 6.45) is 4.15. The second-order valence-corrected chi connectivity index (χ2v) is 9.61. The molecule has 0 radical (unpaired) electrons. The van der Waals surface area contributed by atoms with Gasteiger partial charge in [-0.3, -0.25) is 4.79 Å². The number of rotatable bonds is 5. The first-order valence-corrected chi connectivity index (χ1v) is 12.0. The Kier molecular flexibility index (Phi) is 5.66. The number of nitrogens with zero attached hydrogens (tertiary/aromatic N) is 2. The highest BCUT2D eigenvalue weighted by Crippen LogP contribution is 2.28. The number of benzene rings is 2. The van der Waals surface area contributed by atoms with Gasteiger partial charge in [-0.05, 0) is 59.9 Å². The number of nitrogens with one attached hydrogen (secondary N) is 1. The molecule has 2 aromatic heterocycles. The number of hydrogen-bond acceptors (Lipinski definition) is 3. The highest BCUT2D eigenvalue weighted by atomic mass is 32.1. The molecule has 162 valence electrons. The molecular formula is C27H27N3OS. The molecule has 3 heterocycles. The third-order valence-corrected chi connectivity index (χ3v) is 7.28. The SMILES string of the molecule is Cc1ccc(-c2ccc(-c3cn4c(n3)CCC(CNC(=O)c3cccs3)C4)cc2)cc1C. The van der Waals surface area contributed by atoms with Gasteiger partial charge in [0, 0.05) is 31.3 Å². The molecule has 1 amide bonds. The van der Waals surface area contributed by atoms with Crippen LogP contribution in [0.15, 0.2) is 66.2 Å². The van der Waals surface area contributed by atoms with Gasteiger partial charge in [0.1, 0.15) is 5.82 Å². The predicted octanol–water partition coefficient (Wildman–Crippen LogP) is 5.89. The highest BCUT2D eigenvalue weighted by molar-refractivity contribution is 7.12. The Morgan fingerprint density at radius 2 is 1.84 bits per heavy atom. The third-order valence-electron chi connectivity index (χ3n) is 6.41. The first kappa shape index (κ1) is 20.7. The van der Waals surface area contributed by atoms with Gasteiger partial charge in [0.05, 0.1) is 10.6 Å². The number of fused-ring (bicyclic) bond motifs is 1. The van der Waals surface area contributed by atoms with Crippen LogP contribution in [0.3, 0.4) is 0 Å². The van der Waals surface area contributed by atoms with E-state index in [1.54, 1.807) is 0 Å². The van der Waals surface area contributed by atoms with Crippen molar-refractivity contribution in [2.45, 2.75) is 33.2 Å². The van der Waals surface area contributed by atoms with E-state index < -0.39 is 0 Å². The number of imidazole rings is 1. The van der Waals surface area contributed by atoms with E-state index in [4.69, 9.17) is 4.98 Å². The van der Waals surface area contributed by atoms with Crippen molar-refractivity contribution >= 4 is 17.2 Å². The molecule has 5 heteroatoms. The third kappa shape index (κ3) is 4.26. The maximum atomic E-state index is 12.2. The molecular weight excluding hydrogens is 414 g/mol. The highest BCUT2D eigenvalue weighted by Gasteiger charge is 2.21. The number of hydrogen-bond donors (Lipinski definition) is 1. The second kappa shape index (κ2) is 8.75. The van der Waals surface area contributed by atoms with Crippen molar-refractivity contribution in [1.82, 2.24) is 14.9 Å². The molecule has 4 nitrogen and oxygen atoms in total. The van der Waals surface area contributed by atoms with Crippen LogP contribution in [0.5, 0.6) is 0 Å². The average molecular weight is 442 g/mol. The summed E-state index contributed by atoms with van der Waals surface area (Å²) in [4.78, 5) is 17.9. The maximum absolute atomic E-state index is 12.2. The number of aromatic nitrogens is 2. The molecule has 0 spiro atoms. The molecule has 0 aliphatic carbocycles. The number of thiophene rings is 1. The van der Waals surface area contributed by atoms with E-state index >= 15 is 0 Å². The lowest BCUT2D eigenvalue weighted by atomic mass is 9.99. The summed E-state index contributed by atoms with van der Waals surface area (Å²) < 4.78 is 2.26. The summed E-state index contributed by atoms with van der Waals surface area (Å²) in [5, 5.41) is 5.02. The van der Waals surface area contributed by atoms with Gasteiger partial charge in [-0.2, -0.15) is 0 Å². The van der Waals surface area contributed by atoms with Crippen LogP contribution in [-0.2, 0) is 13.0 Å². The van der Waals surface area contributed by atoms with Crippen molar-refractivity contribution in [1.29, 1.82) is 0 Å². The minimum atomic E-state index is 0.0287. The fourth-order valence-corrected chi connectivity index (χ4v) is 4.95. The Labute approximate surface area is 193 Å². The van der Waals surface area contributed by atoms with Gasteiger partial charge in [-0.25, -0.2) is 4.98 Å². The lowest BCUT2D eigenvalue weighted by Gasteiger charge is -2.23. The molecule has 0 fully saturated rings. The molecule has 1 unspecified atom stereocenters. The Hall–Kier alpha value is -3.18. The van der Waals surface area contributed by atoms with Gasteiger partial charge in [0.2, 0.25) is 0 Å². The van der Waals surface area contributed by atoms with E-state index in [-0.39, 0.29) is 5.91 Å². The molecule has 0 bridgehead atoms. The van der Waals surface area contributed by atoms with Gasteiger partial charge in [0.25, 0.3) is 5.91 Å². The summed E-state index contributed by atoms with van der Waals surface area (Å²) in [5.41, 5.74) is 7.27. The van der Waals surface area contributed by atoms with E-state index in [1.807, 2.05) is 17.5 Å². The molecule has 1 aliphatic heterocycles. The van der Waals surface area contributed by atoms with Crippen LogP contribution in [0, 0.1) is 19.8 Å². The number of amides is 1. The molecule has 1 atom stereocenters. The lowest BCUT2D eigenvalue weighted by molar-refractivity contribution is 0.0947. The average Bonchev–Trinajstić information content (AvgIpc) is 3.49. The van der Waals surface area contributed by atoms with E-state index in [2.05, 4.69) is 72.4 Å². The Morgan fingerprint density at radius 1 is 1.06 bits per heavy atom. The van der Waals surface area contributed by atoms with E-state index in [0.29, 0.717) is 12.5 Å². The van der Waals surface area contributed by atoms with Gasteiger partial charge in [0.15, 0.2) is 0 Å². The van der Waals surface area contributed by atoms with Crippen molar-refractivity contribution in [3.05, 3.63) is 88.0 Å². The first-order valence-electron chi connectivity index (χ1n) is 11.1. The fourth-order valence-electron chi connectivity index (χ4n) is 4.31. The fraction of sp³-hybridized carbons (Fsp3) is 0.259. The van der Waals surface area contributed by atoms with Crippen molar-refractivity contribution < 1.29 is 4.79 Å². The minimum Gasteiger partial charge on any atom is -0.351 e. The van der Waals surface area contributed by atoms with E-state index in [1.165, 1.54) is 33.6 Å². The first-order chi connectivity index (χ1) is 15.6. The second-order valence-electron chi connectivity index (χ2n) is 8.66. The number of carbonyl (C=O) groups is 1. The van der Waals surface area contributed by atoms with Crippen LogP contribution in [0.2, 0.25) is 0 Å². The number of aryl methyl sites for hydroxylation is 3. The van der Waals surface area contributed by atoms with E-state index in [0.717, 1.165) is 41.3 Å². The monoisotopic (exact) mass is 441 g/mol. The number of carbonyl (C=O) groups excluding carboxylic acids is 1. The quantitative estimate of drug-likeness (QED) is 0.420. The standard InChI is InChI=1S/C27H27N3OS/c1-18-5-7-23(14-19(18)2)21-8-10-22(11-9-21)24-17-30-16-20(6-12-26(30)29-24)15-28-27(31)25-4-3-13-32-25/h3-5,7-11,13-14,17,20H,6,12,15-16H2,1-2H3,(H,28,31). The zero-order valence-electron chi connectivity index (χ0n) is 18.5. The molecule has 0 saturated heterocycles. The van der Waals surface area contributed by atoms with Gasteiger partial charge < -0.3 is 9.88 Å². The molecule has 32 heavy (non-hydrogen) atoms. The Bertz CT molecular complexity index is 1240. The van der Waals surface area contributed by atoms with Crippen molar-refractivity contribution in [2.75, 3.05) is 6.54 Å². The predicted molar refractivity (Wildman–Crippen MR) is 131 cm³/mol. The molecule has 0 saturated carbocycles. The lowest BCUT2D eigenvalue weighted by Crippen LogP contribution is -2.33. The molecule has 1 aliphatic rings. The molecule has 2 aromatic carbocycles. The minimum absolute atomic E-state index is 0.0287. The van der Waals surface area contributed by atoms with E-state index in [9.17, 15) is 4.79 Å². The van der Waals surface area contributed by atoms with Gasteiger partial charge in [-0.1, -0.05) is 48.5 Å². The smallest absolute Gasteiger partial charge is 0.261 e. The van der Waals surface area contributed by atoms with Crippen LogP contribution in [0.1, 0.15) is 33.0 Å². The van der Waals surface area contributed by atoms with Crippen LogP contribution >= 0.6 is 11.3 Å². The summed E-state index contributed by atoms with van der Waals surface area (Å²) in [7, 11) is 0. The Morgan fingerprint density at radius 3 is 2.59 bits per heavy atom. The summed E-state index contributed by atoms with van der Waals surface area (Å²) in [5.74, 6) is 1.60. The van der Waals surface area contributed by atoms with Crippen LogP contribution in [-0.4, -0.2) is 22.0 Å². The molecule has 4 aromatic rings. The van der Waals surface area contributed by atoms with Crippen molar-refractivity contribution in [3.8, 4) is 22.4 Å². The van der Waals surface area contributed by atoms with Crippen molar-refractivity contribution in [2.24, 2.45) is 5.92 Å². The van der Waals surface area contributed by atoms with Crippen molar-refractivity contribution in [3.63, 3.8) is 0 Å². The van der Waals surface area contributed by atoms with Gasteiger partial charge >= 0.3 is 0 Å². The zero-order valence-corrected chi connectivity index (χ0v) is 19.3. The van der Waals surface area contributed by atoms with Crippen LogP contribution in [0.4, 0.5) is 0 Å². The molecule has 5 rings (SSSR count). The van der Waals surface area contributed by atoms with Crippen LogP contribution < -0.4 is 5.32 Å². The zero-order chi connectivity index (χ0) is 22.1. The Balaban J connectivity index is 1.26.